The van der Waals surface area contributed by atoms with Gasteiger partial charge in [0.1, 0.15) is 0 Å². The summed E-state index contributed by atoms with van der Waals surface area (Å²) in [6.07, 6.45) is 30.8. The number of rotatable bonds is 11. The first-order chi connectivity index (χ1) is 26.3. The maximum atomic E-state index is 4.00. The largest absolute Gasteiger partial charge is 0.368 e. The summed E-state index contributed by atoms with van der Waals surface area (Å²) in [5, 5.41) is 0. The second kappa shape index (κ2) is 27.7. The Morgan fingerprint density at radius 1 is 0.630 bits per heavy atom. The van der Waals surface area contributed by atoms with Gasteiger partial charge in [0, 0.05) is 46.1 Å². The number of aliphatic imine (C=N–C) groups is 1. The fourth-order valence-corrected chi connectivity index (χ4v) is 4.66. The van der Waals surface area contributed by atoms with Crippen molar-refractivity contribution in [3.8, 4) is 48.4 Å². The minimum atomic E-state index is 0.218. The monoisotopic (exact) mass is 704 g/mol. The lowest BCUT2D eigenvalue weighted by Crippen LogP contribution is -2.21. The van der Waals surface area contributed by atoms with E-state index in [4.69, 9.17) is 0 Å². The molecule has 0 heterocycles. The van der Waals surface area contributed by atoms with Crippen molar-refractivity contribution < 1.29 is 0 Å². The quantitative estimate of drug-likeness (QED) is 0.110. The van der Waals surface area contributed by atoms with E-state index in [2.05, 4.69) is 147 Å². The Labute approximate surface area is 326 Å². The Morgan fingerprint density at radius 2 is 0.981 bits per heavy atom. The van der Waals surface area contributed by atoms with Crippen LogP contribution in [0, 0.1) is 48.4 Å². The Hall–Kier alpha value is -6.97. The van der Waals surface area contributed by atoms with E-state index in [1.165, 1.54) is 5.56 Å². The van der Waals surface area contributed by atoms with E-state index in [9.17, 15) is 0 Å². The highest BCUT2D eigenvalue weighted by Crippen LogP contribution is 2.25. The normalized spacial score (nSPS) is 11.5. The van der Waals surface area contributed by atoms with Crippen molar-refractivity contribution in [3.63, 3.8) is 0 Å². The summed E-state index contributed by atoms with van der Waals surface area (Å²) in [6, 6.07) is 25.0. The smallest absolute Gasteiger partial charge is 0.0632 e. The van der Waals surface area contributed by atoms with E-state index in [1.54, 1.807) is 18.2 Å². The van der Waals surface area contributed by atoms with Crippen LogP contribution < -0.4 is 4.90 Å². The van der Waals surface area contributed by atoms with Gasteiger partial charge in [0.25, 0.3) is 0 Å². The van der Waals surface area contributed by atoms with Gasteiger partial charge >= 0.3 is 0 Å². The lowest BCUT2D eigenvalue weighted by Gasteiger charge is -2.27. The summed E-state index contributed by atoms with van der Waals surface area (Å²) in [5.74, 6) is 19.1. The summed E-state index contributed by atoms with van der Waals surface area (Å²) in [7, 11) is 2.11. The molecular formula is C52H52N2. The fraction of sp³-hybridized carbons (Fsp3) is 0.135. The van der Waals surface area contributed by atoms with Gasteiger partial charge in [0.05, 0.1) is 12.6 Å². The molecule has 0 saturated carbocycles. The first kappa shape index (κ1) is 45.1. The minimum Gasteiger partial charge on any atom is -0.368 e. The Morgan fingerprint density at radius 3 is 1.31 bits per heavy atom. The summed E-state index contributed by atoms with van der Waals surface area (Å²) < 4.78 is 0. The van der Waals surface area contributed by atoms with Crippen molar-refractivity contribution in [1.82, 2.24) is 0 Å². The van der Waals surface area contributed by atoms with E-state index >= 15 is 0 Å². The summed E-state index contributed by atoms with van der Waals surface area (Å²) in [5.41, 5.74) is 9.31. The Balaban J connectivity index is 0.000000613. The first-order valence-corrected chi connectivity index (χ1v) is 17.5. The molecule has 0 aliphatic carbocycles. The van der Waals surface area contributed by atoms with Gasteiger partial charge in [-0.1, -0.05) is 134 Å². The van der Waals surface area contributed by atoms with Crippen LogP contribution in [-0.4, -0.2) is 13.8 Å². The molecule has 270 valence electrons. The number of hydrogen-bond acceptors (Lipinski definition) is 2. The number of nitrogens with zero attached hydrogens (tertiary/aromatic N) is 2. The molecule has 0 fully saturated rings. The highest BCUT2D eigenvalue weighted by molar-refractivity contribution is 5.54. The van der Waals surface area contributed by atoms with Crippen molar-refractivity contribution in [2.45, 2.75) is 40.3 Å². The maximum absolute atomic E-state index is 4.00. The molecule has 0 bridgehead atoms. The fourth-order valence-electron chi connectivity index (χ4n) is 4.66. The van der Waals surface area contributed by atoms with E-state index in [-0.39, 0.29) is 6.04 Å². The number of terminal acetylenes is 1. The van der Waals surface area contributed by atoms with Gasteiger partial charge in [-0.2, -0.15) is 0 Å². The standard InChI is InChI=1S/C33H33N.C17H17N.C2H2/c1-7-11-28(12-8-2)15-17-30-19-23-32(24-20-30)27(5)34(6)33-25-21-31(22-26-33)18-16-29(13-9-3)14-10-4;1-4-6-15(7-5-2)8-9-16-10-12-17(13-11-16)14-18-3;1-2/h7-14,19-27H,1,3H2,2,4-6H3;4-7,10-13H,1,3,14H2,2H3;1-2H/b12-8-,14-10-,28-11+,29-13+;7-5-,15-6+;. The van der Waals surface area contributed by atoms with Crippen molar-refractivity contribution in [2.24, 2.45) is 4.99 Å². The van der Waals surface area contributed by atoms with Crippen LogP contribution in [0.4, 0.5) is 5.69 Å². The molecule has 0 saturated heterocycles. The third-order valence-corrected chi connectivity index (χ3v) is 7.48. The van der Waals surface area contributed by atoms with Crippen LogP contribution in [-0.2, 0) is 6.54 Å². The van der Waals surface area contributed by atoms with Gasteiger partial charge in [-0.15, -0.1) is 12.8 Å². The van der Waals surface area contributed by atoms with E-state index in [0.29, 0.717) is 6.54 Å². The number of allylic oxidation sites excluding steroid dienone is 15. The average molecular weight is 705 g/mol. The van der Waals surface area contributed by atoms with Crippen LogP contribution in [0.25, 0.3) is 0 Å². The molecule has 2 heteroatoms. The third-order valence-electron chi connectivity index (χ3n) is 7.48. The van der Waals surface area contributed by atoms with Crippen LogP contribution in [0.1, 0.15) is 61.6 Å². The molecule has 0 amide bonds. The molecule has 0 radical (unpaired) electrons. The first-order valence-electron chi connectivity index (χ1n) is 17.5. The molecular weight excluding hydrogens is 653 g/mol. The highest BCUT2D eigenvalue weighted by Gasteiger charge is 2.12. The van der Waals surface area contributed by atoms with Gasteiger partial charge < -0.3 is 4.90 Å². The summed E-state index contributed by atoms with van der Waals surface area (Å²) >= 11 is 0. The lowest BCUT2D eigenvalue weighted by molar-refractivity contribution is 0.740. The Bertz CT molecular complexity index is 1950. The highest BCUT2D eigenvalue weighted by atomic mass is 15.1. The molecule has 0 aliphatic heterocycles. The molecule has 2 nitrogen and oxygen atoms in total. The van der Waals surface area contributed by atoms with Crippen LogP contribution in [0.15, 0.2) is 187 Å². The molecule has 0 aliphatic rings. The number of benzene rings is 3. The van der Waals surface area contributed by atoms with Crippen LogP contribution in [0.5, 0.6) is 0 Å². The van der Waals surface area contributed by atoms with Crippen LogP contribution in [0.2, 0.25) is 0 Å². The van der Waals surface area contributed by atoms with Gasteiger partial charge in [-0.3, -0.25) is 4.99 Å². The zero-order valence-electron chi connectivity index (χ0n) is 32.5. The Kier molecular flexibility index (Phi) is 23.1. The van der Waals surface area contributed by atoms with Gasteiger partial charge in [0.15, 0.2) is 0 Å². The maximum Gasteiger partial charge on any atom is 0.0632 e. The van der Waals surface area contributed by atoms with E-state index in [1.807, 2.05) is 99.7 Å². The second-order valence-corrected chi connectivity index (χ2v) is 11.4. The van der Waals surface area contributed by atoms with Crippen molar-refractivity contribution in [1.29, 1.82) is 0 Å². The summed E-state index contributed by atoms with van der Waals surface area (Å²) in [6.45, 7) is 23.4. The molecule has 0 spiro atoms. The van der Waals surface area contributed by atoms with E-state index < -0.39 is 0 Å². The van der Waals surface area contributed by atoms with Crippen molar-refractivity contribution in [3.05, 3.63) is 210 Å². The van der Waals surface area contributed by atoms with Crippen LogP contribution >= 0.6 is 0 Å². The van der Waals surface area contributed by atoms with Gasteiger partial charge in [0.2, 0.25) is 0 Å². The van der Waals surface area contributed by atoms with Gasteiger partial charge in [-0.05, 0) is 112 Å². The molecule has 3 aromatic rings. The molecule has 3 rings (SSSR count). The SMILES string of the molecule is C#C.C=C/C=C(C#Cc1ccc(C(C)N(C)c2ccc(C#CC(/C=C\C)=C/C=C)cc2)cc1)\C=C/C.C=C/C=C(C#Cc1ccc(CN=C)cc1)\C=C/C. The van der Waals surface area contributed by atoms with Crippen LogP contribution in [0.3, 0.4) is 0 Å². The van der Waals surface area contributed by atoms with E-state index in [0.717, 1.165) is 44.7 Å². The predicted molar refractivity (Wildman–Crippen MR) is 239 cm³/mol. The third kappa shape index (κ3) is 17.3. The second-order valence-electron chi connectivity index (χ2n) is 11.4. The zero-order chi connectivity index (χ0) is 40.0. The molecule has 3 aromatic carbocycles. The minimum absolute atomic E-state index is 0.218. The number of anilines is 1. The molecule has 0 N–H and O–H groups in total. The average Bonchev–Trinajstić information content (AvgIpc) is 3.20. The van der Waals surface area contributed by atoms with Gasteiger partial charge in [-0.25, -0.2) is 0 Å². The molecule has 54 heavy (non-hydrogen) atoms. The predicted octanol–water partition coefficient (Wildman–Crippen LogP) is 12.1. The van der Waals surface area contributed by atoms with Crippen molar-refractivity contribution >= 4 is 12.4 Å². The molecule has 1 atom stereocenters. The topological polar surface area (TPSA) is 15.6 Å². The number of hydrogen-bond donors (Lipinski definition) is 0. The molecule has 0 aromatic heterocycles. The zero-order valence-corrected chi connectivity index (χ0v) is 32.5. The van der Waals surface area contributed by atoms with Crippen molar-refractivity contribution in [2.75, 3.05) is 11.9 Å². The lowest BCUT2D eigenvalue weighted by atomic mass is 10.0. The summed E-state index contributed by atoms with van der Waals surface area (Å²) in [4.78, 5) is 6.10. The molecule has 1 unspecified atom stereocenters.